The Morgan fingerprint density at radius 3 is 2.59 bits per heavy atom. The Kier molecular flexibility index (Phi) is 4.84. The fraction of sp³-hybridized carbons (Fsp3) is 0.958. The Labute approximate surface area is 189 Å². The number of esters is 1. The molecule has 12 atom stereocenters. The van der Waals surface area contributed by atoms with Gasteiger partial charge in [-0.2, -0.15) is 0 Å². The Bertz CT molecular complexity index is 770. The van der Waals surface area contributed by atoms with Crippen LogP contribution in [0.25, 0.3) is 0 Å². The zero-order valence-corrected chi connectivity index (χ0v) is 19.5. The molecule has 0 radical (unpaired) electrons. The molecule has 2 bridgehead atoms. The molecule has 180 valence electrons. The van der Waals surface area contributed by atoms with Crippen LogP contribution in [0, 0.1) is 28.6 Å². The molecule has 0 aromatic carbocycles. The van der Waals surface area contributed by atoms with E-state index < -0.39 is 18.0 Å². The first-order valence-corrected chi connectivity index (χ1v) is 12.3. The summed E-state index contributed by atoms with van der Waals surface area (Å²) in [6, 6.07) is 0. The number of epoxide rings is 1. The van der Waals surface area contributed by atoms with Crippen molar-refractivity contribution in [2.24, 2.45) is 28.6 Å². The number of rotatable bonds is 4. The van der Waals surface area contributed by atoms with E-state index >= 15 is 0 Å². The van der Waals surface area contributed by atoms with Crippen LogP contribution in [-0.4, -0.2) is 67.1 Å². The van der Waals surface area contributed by atoms with Crippen molar-refractivity contribution in [3.8, 4) is 0 Å². The average molecular weight is 453 g/mol. The lowest BCUT2D eigenvalue weighted by atomic mass is 9.40. The molecule has 7 fully saturated rings. The number of carbonyl (C=O) groups excluding carboxylic acids is 1. The summed E-state index contributed by atoms with van der Waals surface area (Å²) in [5.74, 6) is 0.357. The van der Waals surface area contributed by atoms with E-state index in [0.717, 1.165) is 19.3 Å². The minimum absolute atomic E-state index is 0.00224. The standard InChI is InChI=1S/C24H36O8/c1-5-27-21-24-16(9-15(30-21)10-23(24)11-28-23)22(4,12(2)6-18(24)29-13(3)25)17-7-14-8-19(26)32-20(14)31-17/h12,14-21,26H,5-11H2,1-4H3/t12-,14+,15-,16-,17+,18+,19-,20-,21?,22+,23+,24+/m1/s1. The third kappa shape index (κ3) is 2.68. The Morgan fingerprint density at radius 1 is 1.16 bits per heavy atom. The predicted molar refractivity (Wildman–Crippen MR) is 110 cm³/mol. The molecular formula is C24H36O8. The van der Waals surface area contributed by atoms with E-state index in [-0.39, 0.29) is 59.3 Å². The van der Waals surface area contributed by atoms with Gasteiger partial charge in [-0.05, 0) is 38.0 Å². The van der Waals surface area contributed by atoms with E-state index in [4.69, 9.17) is 28.4 Å². The monoisotopic (exact) mass is 452 g/mol. The van der Waals surface area contributed by atoms with Gasteiger partial charge in [0.2, 0.25) is 0 Å². The lowest BCUT2D eigenvalue weighted by Gasteiger charge is -2.69. The van der Waals surface area contributed by atoms with E-state index in [0.29, 0.717) is 26.1 Å². The zero-order valence-electron chi connectivity index (χ0n) is 19.5. The van der Waals surface area contributed by atoms with Crippen molar-refractivity contribution in [1.29, 1.82) is 0 Å². The maximum atomic E-state index is 12.2. The van der Waals surface area contributed by atoms with Crippen molar-refractivity contribution in [3.63, 3.8) is 0 Å². The second kappa shape index (κ2) is 7.12. The molecule has 0 aromatic rings. The molecule has 7 rings (SSSR count). The number of aliphatic hydroxyl groups is 1. The van der Waals surface area contributed by atoms with Crippen molar-refractivity contribution < 1.29 is 38.3 Å². The summed E-state index contributed by atoms with van der Waals surface area (Å²) in [5, 5.41) is 9.91. The van der Waals surface area contributed by atoms with Gasteiger partial charge in [-0.25, -0.2) is 0 Å². The quantitative estimate of drug-likeness (QED) is 0.513. The Hall–Kier alpha value is -0.770. The molecular weight excluding hydrogens is 416 g/mol. The second-order valence-electron chi connectivity index (χ2n) is 11.2. The Balaban J connectivity index is 1.44. The summed E-state index contributed by atoms with van der Waals surface area (Å²) in [6.07, 6.45) is 2.10. The highest BCUT2D eigenvalue weighted by atomic mass is 16.7. The van der Waals surface area contributed by atoms with Gasteiger partial charge in [-0.1, -0.05) is 13.8 Å². The fourth-order valence-corrected chi connectivity index (χ4v) is 8.33. The summed E-state index contributed by atoms with van der Waals surface area (Å²) in [6.45, 7) is 9.25. The molecule has 2 saturated carbocycles. The maximum absolute atomic E-state index is 12.2. The van der Waals surface area contributed by atoms with Crippen LogP contribution in [0.5, 0.6) is 0 Å². The summed E-state index contributed by atoms with van der Waals surface area (Å²) < 4.78 is 37.2. The van der Waals surface area contributed by atoms with Gasteiger partial charge in [0.1, 0.15) is 11.7 Å². The van der Waals surface area contributed by atoms with Crippen molar-refractivity contribution in [3.05, 3.63) is 0 Å². The number of aliphatic hydroxyl groups excluding tert-OH is 1. The highest BCUT2D eigenvalue weighted by molar-refractivity contribution is 5.66. The van der Waals surface area contributed by atoms with Gasteiger partial charge in [0, 0.05) is 37.7 Å². The number of hydrogen-bond donors (Lipinski definition) is 1. The smallest absolute Gasteiger partial charge is 0.302 e. The van der Waals surface area contributed by atoms with Gasteiger partial charge in [-0.3, -0.25) is 4.79 Å². The Morgan fingerprint density at radius 2 is 1.94 bits per heavy atom. The first-order chi connectivity index (χ1) is 15.2. The summed E-state index contributed by atoms with van der Waals surface area (Å²) in [4.78, 5) is 12.2. The number of ether oxygens (including phenoxy) is 6. The van der Waals surface area contributed by atoms with Crippen molar-refractivity contribution in [2.45, 2.75) is 103 Å². The van der Waals surface area contributed by atoms with Crippen molar-refractivity contribution in [1.82, 2.24) is 0 Å². The topological polar surface area (TPSA) is 96.0 Å². The maximum Gasteiger partial charge on any atom is 0.302 e. The zero-order chi connectivity index (χ0) is 22.5. The molecule has 8 heteroatoms. The molecule has 5 heterocycles. The largest absolute Gasteiger partial charge is 0.462 e. The van der Waals surface area contributed by atoms with Gasteiger partial charge in [0.15, 0.2) is 18.9 Å². The van der Waals surface area contributed by atoms with E-state index in [1.165, 1.54) is 6.92 Å². The van der Waals surface area contributed by atoms with Gasteiger partial charge in [-0.15, -0.1) is 0 Å². The van der Waals surface area contributed by atoms with Crippen molar-refractivity contribution >= 4 is 5.97 Å². The minimum atomic E-state index is -0.730. The lowest BCUT2D eigenvalue weighted by molar-refractivity contribution is -0.384. The highest BCUT2D eigenvalue weighted by Gasteiger charge is 2.82. The minimum Gasteiger partial charge on any atom is -0.462 e. The second-order valence-corrected chi connectivity index (χ2v) is 11.2. The van der Waals surface area contributed by atoms with Crippen molar-refractivity contribution in [2.75, 3.05) is 13.2 Å². The van der Waals surface area contributed by atoms with Gasteiger partial charge in [0.25, 0.3) is 0 Å². The molecule has 32 heavy (non-hydrogen) atoms. The molecule has 2 spiro atoms. The normalized spacial score (nSPS) is 58.0. The highest BCUT2D eigenvalue weighted by Crippen LogP contribution is 2.74. The summed E-state index contributed by atoms with van der Waals surface area (Å²) >= 11 is 0. The number of fused-ring (bicyclic) bond motifs is 2. The fourth-order valence-electron chi connectivity index (χ4n) is 8.33. The van der Waals surface area contributed by atoms with Gasteiger partial charge < -0.3 is 33.5 Å². The predicted octanol–water partition coefficient (Wildman–Crippen LogP) is 2.36. The van der Waals surface area contributed by atoms with E-state index in [9.17, 15) is 9.90 Å². The molecule has 1 unspecified atom stereocenters. The molecule has 0 amide bonds. The van der Waals surface area contributed by atoms with Crippen LogP contribution < -0.4 is 0 Å². The van der Waals surface area contributed by atoms with Crippen LogP contribution in [0.15, 0.2) is 0 Å². The van der Waals surface area contributed by atoms with E-state index in [2.05, 4.69) is 13.8 Å². The van der Waals surface area contributed by atoms with E-state index in [1.807, 2.05) is 6.92 Å². The van der Waals surface area contributed by atoms with E-state index in [1.54, 1.807) is 0 Å². The SMILES string of the molecule is CCOC1O[C@@H]2C[C@@H]3[C@@](C)([C@@H]4C[C@H]5C[C@H](O)O[C@H]5O4)[C@H](C)C[C@H](OC(C)=O)[C@]13[C@@]1(CO1)C2. The lowest BCUT2D eigenvalue weighted by Crippen LogP contribution is -2.76. The molecule has 7 aliphatic rings. The van der Waals surface area contributed by atoms with Crippen LogP contribution in [0.2, 0.25) is 0 Å². The van der Waals surface area contributed by atoms with Gasteiger partial charge >= 0.3 is 5.97 Å². The number of carbonyl (C=O) groups is 1. The van der Waals surface area contributed by atoms with Gasteiger partial charge in [0.05, 0.1) is 24.2 Å². The average Bonchev–Trinajstić information content (AvgIpc) is 3.21. The molecule has 8 nitrogen and oxygen atoms in total. The molecule has 5 aliphatic heterocycles. The van der Waals surface area contributed by atoms with Crippen LogP contribution in [-0.2, 0) is 33.2 Å². The first-order valence-electron chi connectivity index (χ1n) is 12.3. The summed E-state index contributed by atoms with van der Waals surface area (Å²) in [5.41, 5.74) is -1.13. The first kappa shape index (κ1) is 21.7. The molecule has 2 aliphatic carbocycles. The van der Waals surface area contributed by atoms with Crippen LogP contribution >= 0.6 is 0 Å². The number of hydrogen-bond acceptors (Lipinski definition) is 8. The third-order valence-corrected chi connectivity index (χ3v) is 9.85. The summed E-state index contributed by atoms with van der Waals surface area (Å²) in [7, 11) is 0. The molecule has 1 N–H and O–H groups in total. The molecule has 5 saturated heterocycles. The third-order valence-electron chi connectivity index (χ3n) is 9.85. The van der Waals surface area contributed by atoms with Crippen LogP contribution in [0.4, 0.5) is 0 Å². The van der Waals surface area contributed by atoms with Crippen LogP contribution in [0.3, 0.4) is 0 Å². The molecule has 0 aromatic heterocycles. The van der Waals surface area contributed by atoms with Crippen LogP contribution in [0.1, 0.15) is 59.8 Å².